The molecule has 0 radical (unpaired) electrons. The predicted molar refractivity (Wildman–Crippen MR) is 65.4 cm³/mol. The van der Waals surface area contributed by atoms with Gasteiger partial charge in [-0.15, -0.1) is 13.2 Å². The maximum absolute atomic E-state index is 12.3. The molecule has 104 valence electrons. The monoisotopic (exact) mass is 281 g/mol. The first kappa shape index (κ1) is 14.0. The van der Waals surface area contributed by atoms with Gasteiger partial charge in [-0.1, -0.05) is 18.2 Å². The lowest BCUT2D eigenvalue weighted by atomic mass is 10.1. The summed E-state index contributed by atoms with van der Waals surface area (Å²) in [6.07, 6.45) is -3.40. The molecular weight excluding hydrogens is 271 g/mol. The average molecular weight is 281 g/mol. The van der Waals surface area contributed by atoms with Crippen molar-refractivity contribution in [3.8, 4) is 5.75 Å². The highest BCUT2D eigenvalue weighted by Crippen LogP contribution is 2.27. The van der Waals surface area contributed by atoms with Crippen molar-refractivity contribution in [2.45, 2.75) is 12.8 Å². The summed E-state index contributed by atoms with van der Waals surface area (Å²) in [6.45, 7) is 0. The minimum atomic E-state index is -4.83. The Kier molecular flexibility index (Phi) is 4.02. The number of para-hydroxylation sites is 1. The van der Waals surface area contributed by atoms with E-state index in [-0.39, 0.29) is 12.0 Å². The summed E-state index contributed by atoms with van der Waals surface area (Å²) in [7, 11) is 0. The maximum atomic E-state index is 12.3. The first-order chi connectivity index (χ1) is 9.46. The van der Waals surface area contributed by atoms with Gasteiger partial charge in [0.2, 0.25) is 0 Å². The van der Waals surface area contributed by atoms with Crippen LogP contribution in [-0.4, -0.2) is 17.1 Å². The lowest BCUT2D eigenvalue weighted by Gasteiger charge is -2.12. The van der Waals surface area contributed by atoms with Crippen molar-refractivity contribution in [1.29, 1.82) is 0 Å². The normalized spacial score (nSPS) is 11.2. The number of alkyl halides is 3. The van der Waals surface area contributed by atoms with Gasteiger partial charge >= 0.3 is 6.36 Å². The Labute approximate surface area is 113 Å². The van der Waals surface area contributed by atoms with Crippen LogP contribution in [0.1, 0.15) is 16.1 Å². The molecule has 20 heavy (non-hydrogen) atoms. The van der Waals surface area contributed by atoms with Crippen LogP contribution < -0.4 is 4.74 Å². The van der Waals surface area contributed by atoms with Gasteiger partial charge in [-0.05, 0) is 24.3 Å². The molecule has 6 heteroatoms. The molecule has 0 fully saturated rings. The molecule has 3 nitrogen and oxygen atoms in total. The Morgan fingerprint density at radius 2 is 1.80 bits per heavy atom. The van der Waals surface area contributed by atoms with Gasteiger partial charge in [0.05, 0.1) is 12.0 Å². The number of benzene rings is 1. The van der Waals surface area contributed by atoms with Crippen molar-refractivity contribution in [1.82, 2.24) is 4.98 Å². The second kappa shape index (κ2) is 5.73. The van der Waals surface area contributed by atoms with Crippen LogP contribution in [0.3, 0.4) is 0 Å². The molecular formula is C14H10F3NO2. The zero-order valence-corrected chi connectivity index (χ0v) is 10.2. The van der Waals surface area contributed by atoms with Crippen molar-refractivity contribution in [2.24, 2.45) is 0 Å². The third kappa shape index (κ3) is 3.81. The Hall–Kier alpha value is -2.37. The molecule has 1 aromatic heterocycles. The highest BCUT2D eigenvalue weighted by Gasteiger charge is 2.32. The van der Waals surface area contributed by atoms with E-state index in [0.29, 0.717) is 5.69 Å². The quantitative estimate of drug-likeness (QED) is 0.806. The maximum Gasteiger partial charge on any atom is 0.573 e. The molecule has 0 spiro atoms. The number of pyridine rings is 1. The van der Waals surface area contributed by atoms with Gasteiger partial charge in [0.15, 0.2) is 5.78 Å². The van der Waals surface area contributed by atoms with Gasteiger partial charge < -0.3 is 4.74 Å². The van der Waals surface area contributed by atoms with E-state index in [9.17, 15) is 18.0 Å². The van der Waals surface area contributed by atoms with E-state index in [1.165, 1.54) is 24.4 Å². The number of hydrogen-bond donors (Lipinski definition) is 0. The minimum absolute atomic E-state index is 0.0843. The predicted octanol–water partition coefficient (Wildman–Crippen LogP) is 3.41. The molecule has 0 amide bonds. The van der Waals surface area contributed by atoms with Crippen molar-refractivity contribution in [2.75, 3.05) is 0 Å². The minimum Gasteiger partial charge on any atom is -0.405 e. The molecule has 2 rings (SSSR count). The summed E-state index contributed by atoms with van der Waals surface area (Å²) in [4.78, 5) is 16.0. The van der Waals surface area contributed by atoms with Crippen LogP contribution in [0.2, 0.25) is 0 Å². The number of hydrogen-bond acceptors (Lipinski definition) is 3. The zero-order chi connectivity index (χ0) is 14.6. The van der Waals surface area contributed by atoms with Crippen molar-refractivity contribution in [3.05, 3.63) is 59.9 Å². The largest absolute Gasteiger partial charge is 0.573 e. The lowest BCUT2D eigenvalue weighted by Crippen LogP contribution is -2.19. The summed E-state index contributed by atoms with van der Waals surface area (Å²) >= 11 is 0. The fourth-order valence-corrected chi connectivity index (χ4v) is 1.67. The van der Waals surface area contributed by atoms with Gasteiger partial charge in [-0.2, -0.15) is 0 Å². The number of carbonyl (C=O) groups is 1. The number of aromatic nitrogens is 1. The highest BCUT2D eigenvalue weighted by atomic mass is 19.4. The lowest BCUT2D eigenvalue weighted by molar-refractivity contribution is -0.274. The smallest absolute Gasteiger partial charge is 0.405 e. The van der Waals surface area contributed by atoms with E-state index in [2.05, 4.69) is 9.72 Å². The van der Waals surface area contributed by atoms with Crippen LogP contribution >= 0.6 is 0 Å². The van der Waals surface area contributed by atoms with Gasteiger partial charge in [0.1, 0.15) is 5.75 Å². The molecule has 1 heterocycles. The first-order valence-corrected chi connectivity index (χ1v) is 5.73. The summed E-state index contributed by atoms with van der Waals surface area (Å²) in [5.74, 6) is -0.982. The third-order valence-corrected chi connectivity index (χ3v) is 2.48. The van der Waals surface area contributed by atoms with Gasteiger partial charge in [0, 0.05) is 11.9 Å². The highest BCUT2D eigenvalue weighted by molar-refractivity contribution is 5.99. The topological polar surface area (TPSA) is 39.2 Å². The molecule has 1 aromatic carbocycles. The molecule has 0 saturated carbocycles. The van der Waals surface area contributed by atoms with Crippen LogP contribution in [0, 0.1) is 0 Å². The second-order valence-electron chi connectivity index (χ2n) is 3.96. The number of nitrogens with zero attached hydrogens (tertiary/aromatic N) is 1. The molecule has 0 bridgehead atoms. The van der Waals surface area contributed by atoms with Crippen LogP contribution in [0.5, 0.6) is 5.75 Å². The number of ether oxygens (including phenoxy) is 1. The van der Waals surface area contributed by atoms with E-state index >= 15 is 0 Å². The number of carbonyl (C=O) groups excluding carboxylic acids is 1. The second-order valence-corrected chi connectivity index (χ2v) is 3.96. The Morgan fingerprint density at radius 3 is 2.45 bits per heavy atom. The molecule has 0 unspecified atom stereocenters. The van der Waals surface area contributed by atoms with E-state index in [1.807, 2.05) is 0 Å². The Morgan fingerprint density at radius 1 is 1.10 bits per heavy atom. The Bertz CT molecular complexity index is 597. The third-order valence-electron chi connectivity index (χ3n) is 2.48. The van der Waals surface area contributed by atoms with Gasteiger partial charge in [-0.3, -0.25) is 9.78 Å². The molecule has 0 aliphatic heterocycles. The van der Waals surface area contributed by atoms with Gasteiger partial charge in [-0.25, -0.2) is 0 Å². The van der Waals surface area contributed by atoms with Crippen molar-refractivity contribution < 1.29 is 22.7 Å². The fraction of sp³-hybridized carbons (Fsp3) is 0.143. The molecule has 2 aromatic rings. The number of ketones is 1. The van der Waals surface area contributed by atoms with E-state index in [1.54, 1.807) is 18.2 Å². The summed E-state index contributed by atoms with van der Waals surface area (Å²) in [5, 5.41) is 0. The van der Waals surface area contributed by atoms with Crippen LogP contribution in [0.25, 0.3) is 0 Å². The van der Waals surface area contributed by atoms with Crippen molar-refractivity contribution >= 4 is 5.78 Å². The van der Waals surface area contributed by atoms with Crippen LogP contribution in [-0.2, 0) is 6.42 Å². The fourth-order valence-electron chi connectivity index (χ4n) is 1.67. The number of Topliss-reactive ketones (excluding diaryl/α,β-unsaturated/α-hetero) is 1. The SMILES string of the molecule is O=C(Cc1ccccn1)c1ccccc1OC(F)(F)F. The summed E-state index contributed by atoms with van der Waals surface area (Å²) in [6, 6.07) is 10.3. The average Bonchev–Trinajstić information content (AvgIpc) is 2.38. The molecule has 0 N–H and O–H groups in total. The number of rotatable bonds is 4. The van der Waals surface area contributed by atoms with Gasteiger partial charge in [0.25, 0.3) is 0 Å². The molecule has 0 saturated heterocycles. The summed E-state index contributed by atoms with van der Waals surface area (Å²) in [5.41, 5.74) is 0.370. The number of halogens is 3. The zero-order valence-electron chi connectivity index (χ0n) is 10.2. The standard InChI is InChI=1S/C14H10F3NO2/c15-14(16,17)20-13-7-2-1-6-11(13)12(19)9-10-5-3-4-8-18-10/h1-8H,9H2. The van der Waals surface area contributed by atoms with E-state index < -0.39 is 17.9 Å². The van der Waals surface area contributed by atoms with Crippen LogP contribution in [0.15, 0.2) is 48.7 Å². The molecule has 0 aliphatic rings. The van der Waals surface area contributed by atoms with E-state index in [0.717, 1.165) is 6.07 Å². The van der Waals surface area contributed by atoms with Crippen LogP contribution in [0.4, 0.5) is 13.2 Å². The Balaban J connectivity index is 2.22. The molecule has 0 aliphatic carbocycles. The van der Waals surface area contributed by atoms with Crippen molar-refractivity contribution in [3.63, 3.8) is 0 Å². The summed E-state index contributed by atoms with van der Waals surface area (Å²) < 4.78 is 40.6. The first-order valence-electron chi connectivity index (χ1n) is 5.73. The molecule has 0 atom stereocenters. The van der Waals surface area contributed by atoms with E-state index in [4.69, 9.17) is 0 Å².